The van der Waals surface area contributed by atoms with Crippen LogP contribution < -0.4 is 24.8 Å². The summed E-state index contributed by atoms with van der Waals surface area (Å²) in [6.45, 7) is 4.45. The van der Waals surface area contributed by atoms with Gasteiger partial charge in [0.1, 0.15) is 0 Å². The molecule has 7 heteroatoms. The summed E-state index contributed by atoms with van der Waals surface area (Å²) in [5, 5.41) is 10.8. The number of hydroxylamine groups is 2. The SMILES string of the molecule is CCC1=C(N(O)CC)C=CC(=[N+]=[N-])C1.[Cl-].[Cl-].[Zn+2]. The van der Waals surface area contributed by atoms with E-state index in [1.807, 2.05) is 13.8 Å². The third-order valence-electron chi connectivity index (χ3n) is 2.32. The second-order valence-corrected chi connectivity index (χ2v) is 3.16. The van der Waals surface area contributed by atoms with Gasteiger partial charge in [0.05, 0.1) is 12.1 Å². The van der Waals surface area contributed by atoms with Crippen molar-refractivity contribution in [3.05, 3.63) is 29.0 Å². The predicted molar refractivity (Wildman–Crippen MR) is 53.9 cm³/mol. The molecule has 0 saturated heterocycles. The van der Waals surface area contributed by atoms with Gasteiger partial charge in [-0.15, -0.1) is 0 Å². The van der Waals surface area contributed by atoms with E-state index in [1.165, 1.54) is 5.06 Å². The molecule has 0 radical (unpaired) electrons. The van der Waals surface area contributed by atoms with Crippen LogP contribution >= 0.6 is 0 Å². The Labute approximate surface area is 127 Å². The zero-order chi connectivity index (χ0) is 10.6. The second-order valence-electron chi connectivity index (χ2n) is 3.16. The van der Waals surface area contributed by atoms with Crippen LogP contribution in [0, 0.1) is 0 Å². The molecule has 0 aromatic rings. The van der Waals surface area contributed by atoms with Gasteiger partial charge in [-0.25, -0.2) is 0 Å². The van der Waals surface area contributed by atoms with E-state index < -0.39 is 0 Å². The van der Waals surface area contributed by atoms with E-state index in [0.717, 1.165) is 17.7 Å². The Kier molecular flexibility index (Phi) is 14.2. The maximum absolute atomic E-state index is 9.57. The van der Waals surface area contributed by atoms with Gasteiger partial charge in [-0.2, -0.15) is 4.79 Å². The van der Waals surface area contributed by atoms with Crippen molar-refractivity contribution in [1.82, 2.24) is 5.06 Å². The molecular formula is C10H15Cl2N3OZn. The molecule has 17 heavy (non-hydrogen) atoms. The number of allylic oxidation sites excluding steroid dienone is 3. The van der Waals surface area contributed by atoms with Crippen LogP contribution in [0.15, 0.2) is 23.4 Å². The molecule has 0 spiro atoms. The van der Waals surface area contributed by atoms with Gasteiger partial charge < -0.3 is 30.3 Å². The summed E-state index contributed by atoms with van der Waals surface area (Å²) in [6, 6.07) is 0. The molecule has 0 bridgehead atoms. The summed E-state index contributed by atoms with van der Waals surface area (Å²) in [6.07, 6.45) is 4.94. The molecule has 0 atom stereocenters. The Morgan fingerprint density at radius 3 is 2.35 bits per heavy atom. The summed E-state index contributed by atoms with van der Waals surface area (Å²) in [5.41, 5.74) is 11.2. The van der Waals surface area contributed by atoms with E-state index in [1.54, 1.807) is 12.2 Å². The van der Waals surface area contributed by atoms with Crippen LogP contribution in [-0.2, 0) is 19.5 Å². The molecule has 1 N–H and O–H groups in total. The third-order valence-corrected chi connectivity index (χ3v) is 2.32. The number of nitrogens with zero attached hydrogens (tertiary/aromatic N) is 3. The normalized spacial score (nSPS) is 13.0. The van der Waals surface area contributed by atoms with Crippen molar-refractivity contribution in [3.8, 4) is 0 Å². The molecule has 0 aromatic carbocycles. The smallest absolute Gasteiger partial charge is 1.00 e. The van der Waals surface area contributed by atoms with E-state index in [9.17, 15) is 5.21 Å². The number of hydrogen-bond acceptors (Lipinski definition) is 2. The Bertz CT molecular complexity index is 338. The van der Waals surface area contributed by atoms with Crippen molar-refractivity contribution < 1.29 is 54.3 Å². The van der Waals surface area contributed by atoms with Gasteiger partial charge in [-0.05, 0) is 25.0 Å². The monoisotopic (exact) mass is 327 g/mol. The van der Waals surface area contributed by atoms with Gasteiger partial charge in [0.15, 0.2) is 0 Å². The van der Waals surface area contributed by atoms with E-state index in [0.29, 0.717) is 18.7 Å². The Balaban J connectivity index is -0.000000653. The number of rotatable bonds is 3. The first-order valence-electron chi connectivity index (χ1n) is 4.80. The topological polar surface area (TPSA) is 59.9 Å². The van der Waals surface area contributed by atoms with Crippen molar-refractivity contribution in [1.29, 1.82) is 0 Å². The standard InChI is InChI=1S/C10H15N3O.2ClH.Zn/c1-3-8-7-9(12-11)5-6-10(8)13(14)4-2;;;/h5-6,14H,3-4,7H2,1-2H3;2*1H;/q;;;+2/p-2. The fraction of sp³-hybridized carbons (Fsp3) is 0.500. The first kappa shape index (κ1) is 22.0. The zero-order valence-electron chi connectivity index (χ0n) is 10.0. The third kappa shape index (κ3) is 5.80. The van der Waals surface area contributed by atoms with Crippen molar-refractivity contribution in [2.45, 2.75) is 26.7 Å². The van der Waals surface area contributed by atoms with Gasteiger partial charge >= 0.3 is 19.5 Å². The molecule has 0 heterocycles. The largest absolute Gasteiger partial charge is 2.00 e. The molecule has 1 aliphatic rings. The molecule has 0 unspecified atom stereocenters. The number of hydrogen-bond donors (Lipinski definition) is 1. The van der Waals surface area contributed by atoms with Crippen molar-refractivity contribution in [2.24, 2.45) is 0 Å². The summed E-state index contributed by atoms with van der Waals surface area (Å²) in [4.78, 5) is 3.16. The van der Waals surface area contributed by atoms with Crippen molar-refractivity contribution in [3.63, 3.8) is 0 Å². The van der Waals surface area contributed by atoms with Gasteiger partial charge in [-0.3, -0.25) is 10.3 Å². The van der Waals surface area contributed by atoms with Gasteiger partial charge in [0.2, 0.25) is 0 Å². The van der Waals surface area contributed by atoms with Crippen LogP contribution in [-0.4, -0.2) is 27.3 Å². The van der Waals surface area contributed by atoms with Crippen molar-refractivity contribution >= 4 is 5.71 Å². The minimum atomic E-state index is 0. The van der Waals surface area contributed by atoms with E-state index >= 15 is 0 Å². The van der Waals surface area contributed by atoms with Gasteiger partial charge in [0, 0.05) is 12.6 Å². The molecule has 0 amide bonds. The average molecular weight is 330 g/mol. The summed E-state index contributed by atoms with van der Waals surface area (Å²) >= 11 is 0. The van der Waals surface area contributed by atoms with E-state index in [2.05, 4.69) is 4.79 Å². The van der Waals surface area contributed by atoms with E-state index in [-0.39, 0.29) is 44.3 Å². The Morgan fingerprint density at radius 2 is 1.94 bits per heavy atom. The van der Waals surface area contributed by atoms with Crippen LogP contribution in [0.3, 0.4) is 0 Å². The fourth-order valence-electron chi connectivity index (χ4n) is 1.47. The summed E-state index contributed by atoms with van der Waals surface area (Å²) in [7, 11) is 0. The molecule has 1 aliphatic carbocycles. The molecule has 0 aromatic heterocycles. The minimum absolute atomic E-state index is 0. The van der Waals surface area contributed by atoms with Crippen LogP contribution in [0.1, 0.15) is 26.7 Å². The van der Waals surface area contributed by atoms with E-state index in [4.69, 9.17) is 5.53 Å². The summed E-state index contributed by atoms with van der Waals surface area (Å²) < 4.78 is 0. The average Bonchev–Trinajstić information content (AvgIpc) is 2.27. The Hall–Kier alpha value is -0.177. The molecular weight excluding hydrogens is 314 g/mol. The fourth-order valence-corrected chi connectivity index (χ4v) is 1.47. The molecule has 0 fully saturated rings. The quantitative estimate of drug-likeness (QED) is 0.248. The van der Waals surface area contributed by atoms with Gasteiger partial charge in [0.25, 0.3) is 5.71 Å². The van der Waals surface area contributed by atoms with Crippen molar-refractivity contribution in [2.75, 3.05) is 6.54 Å². The van der Waals surface area contributed by atoms with Crippen LogP contribution in [0.4, 0.5) is 0 Å². The van der Waals surface area contributed by atoms with Crippen LogP contribution in [0.2, 0.25) is 0 Å². The molecule has 92 valence electrons. The van der Waals surface area contributed by atoms with Crippen LogP contribution in [0.25, 0.3) is 5.53 Å². The Morgan fingerprint density at radius 1 is 1.35 bits per heavy atom. The van der Waals surface area contributed by atoms with Crippen LogP contribution in [0.5, 0.6) is 0 Å². The maximum Gasteiger partial charge on any atom is 2.00 e. The van der Waals surface area contributed by atoms with Gasteiger partial charge in [-0.1, -0.05) is 6.92 Å². The zero-order valence-corrected chi connectivity index (χ0v) is 14.5. The molecule has 0 saturated carbocycles. The molecule has 4 nitrogen and oxygen atoms in total. The number of likely N-dealkylation sites (N-methyl/N-ethyl adjacent to an activating group) is 1. The maximum atomic E-state index is 9.57. The molecule has 1 rings (SSSR count). The molecule has 0 aliphatic heterocycles. The minimum Gasteiger partial charge on any atom is -1.00 e. The number of halogens is 2. The first-order valence-corrected chi connectivity index (χ1v) is 4.80. The summed E-state index contributed by atoms with van der Waals surface area (Å²) in [5.74, 6) is 0. The predicted octanol–water partition coefficient (Wildman–Crippen LogP) is -4.00. The second kappa shape index (κ2) is 10.9. The first-order chi connectivity index (χ1) is 6.72.